The maximum Gasteiger partial charge on any atom is 0.193 e. The molecule has 0 aliphatic rings. The molecule has 0 aromatic heterocycles. The molecule has 0 aliphatic heterocycles. The number of benzene rings is 1. The molecular formula is C13H22IN3O2. The topological polar surface area (TPSA) is 68.9 Å². The SMILES string of the molecule is COCCCN=C(N)Nc1ccccc1COC.I. The lowest BCUT2D eigenvalue weighted by Crippen LogP contribution is -2.23. The third kappa shape index (κ3) is 7.34. The third-order valence-corrected chi connectivity index (χ3v) is 2.37. The molecule has 0 bridgehead atoms. The number of nitrogens with zero attached hydrogens (tertiary/aromatic N) is 1. The summed E-state index contributed by atoms with van der Waals surface area (Å²) in [5, 5.41) is 3.08. The first-order valence-corrected chi connectivity index (χ1v) is 5.90. The summed E-state index contributed by atoms with van der Waals surface area (Å²) in [6.45, 7) is 1.89. The van der Waals surface area contributed by atoms with Gasteiger partial charge in [-0.1, -0.05) is 18.2 Å². The quantitative estimate of drug-likeness (QED) is 0.330. The molecule has 3 N–H and O–H groups in total. The molecule has 1 rings (SSSR count). The van der Waals surface area contributed by atoms with Gasteiger partial charge in [-0.2, -0.15) is 0 Å². The number of hydrogen-bond acceptors (Lipinski definition) is 3. The zero-order valence-corrected chi connectivity index (χ0v) is 13.7. The molecule has 0 heterocycles. The number of anilines is 1. The van der Waals surface area contributed by atoms with Crippen LogP contribution in [0.4, 0.5) is 5.69 Å². The summed E-state index contributed by atoms with van der Waals surface area (Å²) in [6.07, 6.45) is 0.860. The van der Waals surface area contributed by atoms with Crippen LogP contribution >= 0.6 is 24.0 Å². The maximum absolute atomic E-state index is 5.81. The highest BCUT2D eigenvalue weighted by atomic mass is 127. The molecule has 0 saturated carbocycles. The van der Waals surface area contributed by atoms with Gasteiger partial charge in [-0.25, -0.2) is 0 Å². The van der Waals surface area contributed by atoms with Crippen molar-refractivity contribution in [3.63, 3.8) is 0 Å². The van der Waals surface area contributed by atoms with Crippen LogP contribution in [0.15, 0.2) is 29.3 Å². The molecule has 0 saturated heterocycles. The van der Waals surface area contributed by atoms with Gasteiger partial charge in [0.2, 0.25) is 0 Å². The molecule has 19 heavy (non-hydrogen) atoms. The van der Waals surface area contributed by atoms with E-state index in [9.17, 15) is 0 Å². The molecule has 0 aliphatic carbocycles. The van der Waals surface area contributed by atoms with Crippen molar-refractivity contribution in [1.82, 2.24) is 0 Å². The summed E-state index contributed by atoms with van der Waals surface area (Å²) in [5.41, 5.74) is 7.78. The van der Waals surface area contributed by atoms with Crippen molar-refractivity contribution in [3.05, 3.63) is 29.8 Å². The fraction of sp³-hybridized carbons (Fsp3) is 0.462. The van der Waals surface area contributed by atoms with E-state index < -0.39 is 0 Å². The number of nitrogens with one attached hydrogen (secondary N) is 1. The number of hydrogen-bond donors (Lipinski definition) is 2. The van der Waals surface area contributed by atoms with E-state index in [0.29, 0.717) is 25.7 Å². The number of ether oxygens (including phenoxy) is 2. The van der Waals surface area contributed by atoms with E-state index in [2.05, 4.69) is 10.3 Å². The molecule has 0 amide bonds. The summed E-state index contributed by atoms with van der Waals surface area (Å²) in [4.78, 5) is 4.22. The number of aliphatic imine (C=N–C) groups is 1. The zero-order chi connectivity index (χ0) is 13.2. The van der Waals surface area contributed by atoms with Gasteiger partial charge in [-0.3, -0.25) is 4.99 Å². The summed E-state index contributed by atoms with van der Waals surface area (Å²) in [7, 11) is 3.34. The highest BCUT2D eigenvalue weighted by molar-refractivity contribution is 14.0. The number of methoxy groups -OCH3 is 2. The average molecular weight is 379 g/mol. The van der Waals surface area contributed by atoms with Crippen molar-refractivity contribution in [2.45, 2.75) is 13.0 Å². The lowest BCUT2D eigenvalue weighted by Gasteiger charge is -2.10. The van der Waals surface area contributed by atoms with Gasteiger partial charge in [0.1, 0.15) is 0 Å². The van der Waals surface area contributed by atoms with E-state index >= 15 is 0 Å². The highest BCUT2D eigenvalue weighted by Crippen LogP contribution is 2.15. The second-order valence-corrected chi connectivity index (χ2v) is 3.83. The van der Waals surface area contributed by atoms with Crippen molar-refractivity contribution in [2.24, 2.45) is 10.7 Å². The summed E-state index contributed by atoms with van der Waals surface area (Å²) >= 11 is 0. The van der Waals surface area contributed by atoms with E-state index in [1.54, 1.807) is 14.2 Å². The molecule has 0 atom stereocenters. The zero-order valence-electron chi connectivity index (χ0n) is 11.4. The molecule has 0 radical (unpaired) electrons. The second-order valence-electron chi connectivity index (χ2n) is 3.83. The lowest BCUT2D eigenvalue weighted by atomic mass is 10.2. The van der Waals surface area contributed by atoms with Gasteiger partial charge in [0.05, 0.1) is 6.61 Å². The second kappa shape index (κ2) is 11.0. The Morgan fingerprint density at radius 1 is 1.26 bits per heavy atom. The van der Waals surface area contributed by atoms with Gasteiger partial charge < -0.3 is 20.5 Å². The van der Waals surface area contributed by atoms with Gasteiger partial charge in [-0.15, -0.1) is 24.0 Å². The van der Waals surface area contributed by atoms with Crippen LogP contribution in [-0.2, 0) is 16.1 Å². The third-order valence-electron chi connectivity index (χ3n) is 2.37. The van der Waals surface area contributed by atoms with Gasteiger partial charge in [0, 0.05) is 38.6 Å². The highest BCUT2D eigenvalue weighted by Gasteiger charge is 2.01. The number of guanidine groups is 1. The van der Waals surface area contributed by atoms with Crippen LogP contribution in [0.3, 0.4) is 0 Å². The Bertz CT molecular complexity index is 386. The van der Waals surface area contributed by atoms with Gasteiger partial charge in [0.25, 0.3) is 0 Å². The van der Waals surface area contributed by atoms with Crippen LogP contribution in [0.5, 0.6) is 0 Å². The van der Waals surface area contributed by atoms with Crippen LogP contribution in [0.1, 0.15) is 12.0 Å². The largest absolute Gasteiger partial charge is 0.385 e. The van der Waals surface area contributed by atoms with Crippen molar-refractivity contribution in [1.29, 1.82) is 0 Å². The molecular weight excluding hydrogens is 357 g/mol. The molecule has 0 spiro atoms. The molecule has 108 valence electrons. The Balaban J connectivity index is 0.00000324. The summed E-state index contributed by atoms with van der Waals surface area (Å²) < 4.78 is 10.1. The minimum Gasteiger partial charge on any atom is -0.385 e. The van der Waals surface area contributed by atoms with Crippen LogP contribution in [0.25, 0.3) is 0 Å². The van der Waals surface area contributed by atoms with Crippen molar-refractivity contribution >= 4 is 35.6 Å². The molecule has 1 aromatic rings. The summed E-state index contributed by atoms with van der Waals surface area (Å²) in [5.74, 6) is 0.412. The standard InChI is InChI=1S/C13H21N3O2.HI/c1-17-9-5-8-15-13(14)16-12-7-4-3-6-11(12)10-18-2;/h3-4,6-7H,5,8-10H2,1-2H3,(H3,14,15,16);1H. The van der Waals surface area contributed by atoms with E-state index in [4.69, 9.17) is 15.2 Å². The first-order chi connectivity index (χ1) is 8.77. The number of para-hydroxylation sites is 1. The maximum atomic E-state index is 5.81. The minimum absolute atomic E-state index is 0. The monoisotopic (exact) mass is 379 g/mol. The number of rotatable bonds is 7. The molecule has 5 nitrogen and oxygen atoms in total. The molecule has 0 fully saturated rings. The first kappa shape index (κ1) is 18.1. The Labute approximate surface area is 131 Å². The number of halogens is 1. The normalized spacial score (nSPS) is 10.9. The van der Waals surface area contributed by atoms with Crippen molar-refractivity contribution in [2.75, 3.05) is 32.7 Å². The van der Waals surface area contributed by atoms with Crippen LogP contribution in [0.2, 0.25) is 0 Å². The van der Waals surface area contributed by atoms with Crippen molar-refractivity contribution in [3.8, 4) is 0 Å². The van der Waals surface area contributed by atoms with Crippen molar-refractivity contribution < 1.29 is 9.47 Å². The molecule has 6 heteroatoms. The van der Waals surface area contributed by atoms with Crippen LogP contribution in [0, 0.1) is 0 Å². The lowest BCUT2D eigenvalue weighted by molar-refractivity contribution is 0.185. The molecule has 1 aromatic carbocycles. The smallest absolute Gasteiger partial charge is 0.193 e. The predicted molar refractivity (Wildman–Crippen MR) is 89.2 cm³/mol. The van der Waals surface area contributed by atoms with E-state index in [0.717, 1.165) is 17.7 Å². The Morgan fingerprint density at radius 2 is 2.00 bits per heavy atom. The van der Waals surface area contributed by atoms with E-state index in [1.165, 1.54) is 0 Å². The average Bonchev–Trinajstić information content (AvgIpc) is 2.37. The Morgan fingerprint density at radius 3 is 2.68 bits per heavy atom. The molecule has 0 unspecified atom stereocenters. The predicted octanol–water partition coefficient (Wildman–Crippen LogP) is 2.21. The van der Waals surface area contributed by atoms with Gasteiger partial charge in [0.15, 0.2) is 5.96 Å². The van der Waals surface area contributed by atoms with Crippen LogP contribution < -0.4 is 11.1 Å². The van der Waals surface area contributed by atoms with Crippen LogP contribution in [-0.4, -0.2) is 33.3 Å². The van der Waals surface area contributed by atoms with E-state index in [1.807, 2.05) is 24.3 Å². The van der Waals surface area contributed by atoms with Gasteiger partial charge in [-0.05, 0) is 12.5 Å². The summed E-state index contributed by atoms with van der Waals surface area (Å²) in [6, 6.07) is 7.85. The first-order valence-electron chi connectivity index (χ1n) is 5.90. The minimum atomic E-state index is 0. The van der Waals surface area contributed by atoms with E-state index in [-0.39, 0.29) is 24.0 Å². The fourth-order valence-electron chi connectivity index (χ4n) is 1.51. The Hall–Kier alpha value is -0.860. The van der Waals surface area contributed by atoms with Gasteiger partial charge >= 0.3 is 0 Å². The Kier molecular flexibility index (Phi) is 10.5. The number of nitrogens with two attached hydrogens (primary N) is 1. The fourth-order valence-corrected chi connectivity index (χ4v) is 1.51.